The molecule has 0 spiro atoms. The third kappa shape index (κ3) is 4.61. The van der Waals surface area contributed by atoms with Gasteiger partial charge in [-0.15, -0.1) is 0 Å². The molecule has 1 aliphatic rings. The lowest BCUT2D eigenvalue weighted by Crippen LogP contribution is -2.49. The number of carbonyl (C=O) groups excluding carboxylic acids is 2. The summed E-state index contributed by atoms with van der Waals surface area (Å²) in [6, 6.07) is 4.56. The van der Waals surface area contributed by atoms with Crippen molar-refractivity contribution < 1.29 is 19.4 Å². The van der Waals surface area contributed by atoms with Crippen LogP contribution in [0.25, 0.3) is 0 Å². The normalized spacial score (nSPS) is 15.6. The van der Waals surface area contributed by atoms with Crippen molar-refractivity contribution in [2.24, 2.45) is 0 Å². The second kappa shape index (κ2) is 6.48. The van der Waals surface area contributed by atoms with Crippen molar-refractivity contribution in [2.45, 2.75) is 52.3 Å². The van der Waals surface area contributed by atoms with Crippen molar-refractivity contribution in [3.8, 4) is 5.75 Å². The van der Waals surface area contributed by atoms with Gasteiger partial charge in [-0.25, -0.2) is 4.79 Å². The first-order chi connectivity index (χ1) is 10.7. The molecule has 6 heteroatoms. The lowest BCUT2D eigenvalue weighted by molar-refractivity contribution is -0.134. The Morgan fingerprint density at radius 2 is 2.00 bits per heavy atom. The minimum atomic E-state index is -0.663. The highest BCUT2D eigenvalue weighted by Crippen LogP contribution is 2.23. The number of aromatic hydroxyl groups is 1. The molecular weight excluding hydrogens is 296 g/mol. The number of carbonyl (C=O) groups is 2. The Labute approximate surface area is 136 Å². The Kier molecular flexibility index (Phi) is 4.82. The molecule has 0 saturated heterocycles. The zero-order valence-electron chi connectivity index (χ0n) is 14.0. The third-order valence-electron chi connectivity index (χ3n) is 3.62. The molecule has 1 aromatic rings. The number of phenols is 1. The Morgan fingerprint density at radius 3 is 2.65 bits per heavy atom. The zero-order valence-corrected chi connectivity index (χ0v) is 14.0. The molecule has 2 rings (SSSR count). The van der Waals surface area contributed by atoms with E-state index in [4.69, 9.17) is 4.74 Å². The number of amides is 2. The van der Waals surface area contributed by atoms with E-state index in [9.17, 15) is 14.7 Å². The predicted octanol–water partition coefficient (Wildman–Crippen LogP) is 2.19. The van der Waals surface area contributed by atoms with Crippen LogP contribution < -0.4 is 5.32 Å². The monoisotopic (exact) mass is 320 g/mol. The molecular formula is C17H24N2O4. The summed E-state index contributed by atoms with van der Waals surface area (Å²) in [6.07, 6.45) is 0.133. The zero-order chi connectivity index (χ0) is 17.2. The highest BCUT2D eigenvalue weighted by molar-refractivity contribution is 5.85. The summed E-state index contributed by atoms with van der Waals surface area (Å²) >= 11 is 0. The summed E-state index contributed by atoms with van der Waals surface area (Å²) in [5.74, 6) is 0.0304. The molecule has 2 amide bonds. The van der Waals surface area contributed by atoms with E-state index in [0.717, 1.165) is 17.5 Å². The lowest BCUT2D eigenvalue weighted by Gasteiger charge is -2.31. The largest absolute Gasteiger partial charge is 0.508 e. The first-order valence-corrected chi connectivity index (χ1v) is 7.75. The van der Waals surface area contributed by atoms with Crippen molar-refractivity contribution in [1.82, 2.24) is 10.2 Å². The number of phenolic OH excluding ortho intramolecular Hbond substituents is 1. The van der Waals surface area contributed by atoms with E-state index in [2.05, 4.69) is 5.32 Å². The molecule has 1 aromatic carbocycles. The number of ether oxygens (including phenoxy) is 1. The van der Waals surface area contributed by atoms with Crippen LogP contribution in [0, 0.1) is 0 Å². The Balaban J connectivity index is 1.97. The van der Waals surface area contributed by atoms with Crippen LogP contribution in [0.1, 0.15) is 38.8 Å². The van der Waals surface area contributed by atoms with Crippen LogP contribution in [0.4, 0.5) is 4.79 Å². The van der Waals surface area contributed by atoms with Crippen molar-refractivity contribution in [3.63, 3.8) is 0 Å². The van der Waals surface area contributed by atoms with E-state index < -0.39 is 17.7 Å². The summed E-state index contributed by atoms with van der Waals surface area (Å²) in [4.78, 5) is 25.9. The van der Waals surface area contributed by atoms with E-state index in [1.807, 2.05) is 6.07 Å². The fourth-order valence-corrected chi connectivity index (χ4v) is 2.55. The SMILES string of the molecule is CC(NC(=O)OC(C)(C)C)C(=O)N1CCc2ccc(O)cc2C1. The van der Waals surface area contributed by atoms with Gasteiger partial charge in [0.15, 0.2) is 0 Å². The summed E-state index contributed by atoms with van der Waals surface area (Å²) in [6.45, 7) is 7.98. The number of hydrogen-bond donors (Lipinski definition) is 2. The molecule has 6 nitrogen and oxygen atoms in total. The van der Waals surface area contributed by atoms with Crippen LogP contribution in [-0.2, 0) is 22.5 Å². The van der Waals surface area contributed by atoms with E-state index in [0.29, 0.717) is 13.1 Å². The van der Waals surface area contributed by atoms with Crippen molar-refractivity contribution in [2.75, 3.05) is 6.54 Å². The van der Waals surface area contributed by atoms with Gasteiger partial charge in [-0.05, 0) is 57.4 Å². The number of nitrogens with zero attached hydrogens (tertiary/aromatic N) is 1. The molecule has 2 N–H and O–H groups in total. The standard InChI is InChI=1S/C17H24N2O4/c1-11(18-16(22)23-17(2,3)4)15(21)19-8-7-12-5-6-14(20)9-13(12)10-19/h5-6,9,11,20H,7-8,10H2,1-4H3,(H,18,22). The summed E-state index contributed by atoms with van der Waals surface area (Å²) in [5, 5.41) is 12.1. The molecule has 0 saturated carbocycles. The summed E-state index contributed by atoms with van der Waals surface area (Å²) in [5.41, 5.74) is 1.47. The van der Waals surface area contributed by atoms with Gasteiger partial charge >= 0.3 is 6.09 Å². The highest BCUT2D eigenvalue weighted by Gasteiger charge is 2.27. The van der Waals surface area contributed by atoms with Crippen molar-refractivity contribution in [3.05, 3.63) is 29.3 Å². The molecule has 126 valence electrons. The quantitative estimate of drug-likeness (QED) is 0.875. The first-order valence-electron chi connectivity index (χ1n) is 7.75. The maximum atomic E-state index is 12.5. The smallest absolute Gasteiger partial charge is 0.408 e. The molecule has 1 unspecified atom stereocenters. The van der Waals surface area contributed by atoms with Crippen molar-refractivity contribution in [1.29, 1.82) is 0 Å². The molecule has 0 fully saturated rings. The van der Waals surface area contributed by atoms with E-state index in [1.165, 1.54) is 0 Å². The Morgan fingerprint density at radius 1 is 1.30 bits per heavy atom. The maximum absolute atomic E-state index is 12.5. The van der Waals surface area contributed by atoms with Crippen LogP contribution in [0.5, 0.6) is 5.75 Å². The number of nitrogens with one attached hydrogen (secondary N) is 1. The molecule has 23 heavy (non-hydrogen) atoms. The van der Waals surface area contributed by atoms with Gasteiger partial charge < -0.3 is 20.1 Å². The van der Waals surface area contributed by atoms with Crippen LogP contribution >= 0.6 is 0 Å². The van der Waals surface area contributed by atoms with Gasteiger partial charge in [0.05, 0.1) is 0 Å². The van der Waals surface area contributed by atoms with Gasteiger partial charge in [0.25, 0.3) is 0 Å². The van der Waals surface area contributed by atoms with Crippen LogP contribution in [-0.4, -0.2) is 40.2 Å². The average molecular weight is 320 g/mol. The Hall–Kier alpha value is -2.24. The third-order valence-corrected chi connectivity index (χ3v) is 3.62. The van der Waals surface area contributed by atoms with E-state index in [-0.39, 0.29) is 11.7 Å². The average Bonchev–Trinajstić information content (AvgIpc) is 2.43. The number of alkyl carbamates (subject to hydrolysis) is 1. The minimum Gasteiger partial charge on any atom is -0.508 e. The fourth-order valence-electron chi connectivity index (χ4n) is 2.55. The summed E-state index contributed by atoms with van der Waals surface area (Å²) < 4.78 is 5.16. The van der Waals surface area contributed by atoms with Gasteiger partial charge in [-0.2, -0.15) is 0 Å². The second-order valence-corrected chi connectivity index (χ2v) is 6.83. The van der Waals surface area contributed by atoms with E-state index in [1.54, 1.807) is 44.7 Å². The summed E-state index contributed by atoms with van der Waals surface area (Å²) in [7, 11) is 0. The molecule has 0 radical (unpaired) electrons. The molecule has 1 atom stereocenters. The number of fused-ring (bicyclic) bond motifs is 1. The van der Waals surface area contributed by atoms with Crippen LogP contribution in [0.3, 0.4) is 0 Å². The maximum Gasteiger partial charge on any atom is 0.408 e. The molecule has 1 aliphatic heterocycles. The van der Waals surface area contributed by atoms with Crippen LogP contribution in [0.15, 0.2) is 18.2 Å². The Bertz CT molecular complexity index is 607. The minimum absolute atomic E-state index is 0.162. The highest BCUT2D eigenvalue weighted by atomic mass is 16.6. The fraction of sp³-hybridized carbons (Fsp3) is 0.529. The van der Waals surface area contributed by atoms with Crippen molar-refractivity contribution >= 4 is 12.0 Å². The van der Waals surface area contributed by atoms with Gasteiger partial charge in [-0.3, -0.25) is 4.79 Å². The second-order valence-electron chi connectivity index (χ2n) is 6.83. The van der Waals surface area contributed by atoms with Crippen LogP contribution in [0.2, 0.25) is 0 Å². The predicted molar refractivity (Wildman–Crippen MR) is 86.1 cm³/mol. The first kappa shape index (κ1) is 17.1. The number of hydrogen-bond acceptors (Lipinski definition) is 4. The van der Waals surface area contributed by atoms with Gasteiger partial charge in [0.1, 0.15) is 17.4 Å². The molecule has 0 aliphatic carbocycles. The lowest BCUT2D eigenvalue weighted by atomic mass is 9.99. The van der Waals surface area contributed by atoms with Gasteiger partial charge in [-0.1, -0.05) is 6.07 Å². The molecule has 1 heterocycles. The topological polar surface area (TPSA) is 78.9 Å². The van der Waals surface area contributed by atoms with Gasteiger partial charge in [0, 0.05) is 13.1 Å². The van der Waals surface area contributed by atoms with Gasteiger partial charge in [0.2, 0.25) is 5.91 Å². The molecule has 0 bridgehead atoms. The number of benzene rings is 1. The molecule has 0 aromatic heterocycles. The number of rotatable bonds is 2. The van der Waals surface area contributed by atoms with E-state index >= 15 is 0 Å².